The molecule has 1 aromatic heterocycles. The Balaban J connectivity index is 1.92. The van der Waals surface area contributed by atoms with Gasteiger partial charge in [-0.25, -0.2) is 0 Å². The van der Waals surface area contributed by atoms with Crippen molar-refractivity contribution in [3.63, 3.8) is 0 Å². The summed E-state index contributed by atoms with van der Waals surface area (Å²) in [5.41, 5.74) is 1.18. The lowest BCUT2D eigenvalue weighted by Crippen LogP contribution is -2.24. The third kappa shape index (κ3) is 4.21. The Morgan fingerprint density at radius 2 is 1.86 bits per heavy atom. The molecule has 1 heterocycles. The van der Waals surface area contributed by atoms with E-state index in [4.69, 9.17) is 4.42 Å². The van der Waals surface area contributed by atoms with Crippen molar-refractivity contribution in [2.24, 2.45) is 0 Å². The van der Waals surface area contributed by atoms with E-state index in [-0.39, 0.29) is 17.6 Å². The number of amides is 2. The van der Waals surface area contributed by atoms with Crippen molar-refractivity contribution < 1.29 is 14.0 Å². The molecule has 0 aliphatic heterocycles. The normalized spacial score (nSPS) is 10.1. The van der Waals surface area contributed by atoms with Gasteiger partial charge >= 0.3 is 0 Å². The van der Waals surface area contributed by atoms with E-state index in [1.807, 2.05) is 0 Å². The lowest BCUT2D eigenvalue weighted by molar-refractivity contribution is 0.0952. The van der Waals surface area contributed by atoms with Crippen LogP contribution in [-0.2, 0) is 0 Å². The number of benzene rings is 1. The van der Waals surface area contributed by atoms with Crippen molar-refractivity contribution in [3.05, 3.63) is 54.0 Å². The maximum atomic E-state index is 11.8. The van der Waals surface area contributed by atoms with E-state index >= 15 is 0 Å². The zero-order valence-electron chi connectivity index (χ0n) is 11.9. The number of anilines is 1. The van der Waals surface area contributed by atoms with Gasteiger partial charge in [0.05, 0.1) is 6.26 Å². The van der Waals surface area contributed by atoms with E-state index in [2.05, 4.69) is 17.6 Å². The molecule has 0 fully saturated rings. The molecular weight excluding hydrogens is 268 g/mol. The van der Waals surface area contributed by atoms with Crippen LogP contribution in [0.15, 0.2) is 47.1 Å². The van der Waals surface area contributed by atoms with Crippen LogP contribution in [0.25, 0.3) is 0 Å². The highest BCUT2D eigenvalue weighted by molar-refractivity contribution is 6.02. The molecule has 0 saturated carbocycles. The lowest BCUT2D eigenvalue weighted by atomic mass is 10.2. The van der Waals surface area contributed by atoms with Gasteiger partial charge in [0, 0.05) is 17.8 Å². The summed E-state index contributed by atoms with van der Waals surface area (Å²) in [6.07, 6.45) is 3.44. The SMILES string of the molecule is CCCCNC(=O)c1ccc(NC(=O)c2ccco2)cc1. The molecule has 0 saturated heterocycles. The van der Waals surface area contributed by atoms with Gasteiger partial charge in [-0.05, 0) is 42.8 Å². The van der Waals surface area contributed by atoms with Crippen LogP contribution in [0.1, 0.15) is 40.7 Å². The number of furan rings is 1. The quantitative estimate of drug-likeness (QED) is 0.802. The van der Waals surface area contributed by atoms with Gasteiger partial charge in [-0.1, -0.05) is 13.3 Å². The highest BCUT2D eigenvalue weighted by Gasteiger charge is 2.09. The van der Waals surface area contributed by atoms with Crippen LogP contribution in [0.5, 0.6) is 0 Å². The predicted molar refractivity (Wildman–Crippen MR) is 80.3 cm³/mol. The number of hydrogen-bond acceptors (Lipinski definition) is 3. The van der Waals surface area contributed by atoms with Crippen LogP contribution in [0, 0.1) is 0 Å². The molecule has 0 bridgehead atoms. The minimum absolute atomic E-state index is 0.104. The number of nitrogens with one attached hydrogen (secondary N) is 2. The summed E-state index contributed by atoms with van der Waals surface area (Å²) in [4.78, 5) is 23.6. The van der Waals surface area contributed by atoms with Crippen molar-refractivity contribution >= 4 is 17.5 Å². The van der Waals surface area contributed by atoms with Gasteiger partial charge in [0.15, 0.2) is 5.76 Å². The van der Waals surface area contributed by atoms with Crippen molar-refractivity contribution in [2.75, 3.05) is 11.9 Å². The molecule has 1 aromatic carbocycles. The highest BCUT2D eigenvalue weighted by Crippen LogP contribution is 2.11. The van der Waals surface area contributed by atoms with Gasteiger partial charge < -0.3 is 15.1 Å². The standard InChI is InChI=1S/C16H18N2O3/c1-2-3-10-17-15(19)12-6-8-13(9-7-12)18-16(20)14-5-4-11-21-14/h4-9,11H,2-3,10H2,1H3,(H,17,19)(H,18,20). The Morgan fingerprint density at radius 1 is 1.10 bits per heavy atom. The molecule has 0 aliphatic carbocycles. The summed E-state index contributed by atoms with van der Waals surface area (Å²) in [6.45, 7) is 2.75. The molecule has 2 amide bonds. The molecule has 0 aliphatic rings. The zero-order valence-corrected chi connectivity index (χ0v) is 11.9. The fraction of sp³-hybridized carbons (Fsp3) is 0.250. The van der Waals surface area contributed by atoms with Crippen molar-refractivity contribution in [1.29, 1.82) is 0 Å². The maximum Gasteiger partial charge on any atom is 0.291 e. The van der Waals surface area contributed by atoms with Crippen LogP contribution in [0.3, 0.4) is 0 Å². The molecule has 5 nitrogen and oxygen atoms in total. The molecule has 0 spiro atoms. The van der Waals surface area contributed by atoms with E-state index in [0.717, 1.165) is 12.8 Å². The van der Waals surface area contributed by atoms with Gasteiger partial charge in [-0.15, -0.1) is 0 Å². The Morgan fingerprint density at radius 3 is 2.48 bits per heavy atom. The van der Waals surface area contributed by atoms with E-state index in [1.54, 1.807) is 36.4 Å². The van der Waals surface area contributed by atoms with E-state index in [9.17, 15) is 9.59 Å². The number of unbranched alkanes of at least 4 members (excludes halogenated alkanes) is 1. The molecule has 0 radical (unpaired) electrons. The van der Waals surface area contributed by atoms with Gasteiger partial charge in [0.1, 0.15) is 0 Å². The van der Waals surface area contributed by atoms with E-state index < -0.39 is 0 Å². The molecule has 0 unspecified atom stereocenters. The summed E-state index contributed by atoms with van der Waals surface area (Å²) in [6, 6.07) is 9.98. The van der Waals surface area contributed by atoms with Gasteiger partial charge in [-0.3, -0.25) is 9.59 Å². The first-order valence-corrected chi connectivity index (χ1v) is 6.94. The summed E-state index contributed by atoms with van der Waals surface area (Å²) >= 11 is 0. The molecule has 2 aromatic rings. The number of rotatable bonds is 6. The molecule has 5 heteroatoms. The Kier molecular flexibility index (Phi) is 5.15. The third-order valence-electron chi connectivity index (χ3n) is 2.97. The van der Waals surface area contributed by atoms with Crippen molar-refractivity contribution in [3.8, 4) is 0 Å². The molecule has 2 N–H and O–H groups in total. The molecule has 21 heavy (non-hydrogen) atoms. The average molecular weight is 286 g/mol. The van der Waals surface area contributed by atoms with Gasteiger partial charge in [-0.2, -0.15) is 0 Å². The third-order valence-corrected chi connectivity index (χ3v) is 2.97. The van der Waals surface area contributed by atoms with Gasteiger partial charge in [0.25, 0.3) is 11.8 Å². The van der Waals surface area contributed by atoms with Crippen LogP contribution in [0.4, 0.5) is 5.69 Å². The van der Waals surface area contributed by atoms with E-state index in [0.29, 0.717) is 17.8 Å². The summed E-state index contributed by atoms with van der Waals surface area (Å²) in [5.74, 6) is -0.177. The van der Waals surface area contributed by atoms with Crippen LogP contribution >= 0.6 is 0 Å². The fourth-order valence-corrected chi connectivity index (χ4v) is 1.79. The van der Waals surface area contributed by atoms with Crippen LogP contribution < -0.4 is 10.6 Å². The minimum Gasteiger partial charge on any atom is -0.459 e. The molecular formula is C16H18N2O3. The molecule has 0 atom stereocenters. The number of carbonyl (C=O) groups excluding carboxylic acids is 2. The molecule has 2 rings (SSSR count). The largest absolute Gasteiger partial charge is 0.459 e. The maximum absolute atomic E-state index is 11.8. The highest BCUT2D eigenvalue weighted by atomic mass is 16.3. The van der Waals surface area contributed by atoms with Crippen LogP contribution in [0.2, 0.25) is 0 Å². The summed E-state index contributed by atoms with van der Waals surface area (Å²) < 4.78 is 5.01. The number of hydrogen-bond donors (Lipinski definition) is 2. The topological polar surface area (TPSA) is 71.3 Å². The second-order valence-electron chi connectivity index (χ2n) is 4.62. The first-order valence-electron chi connectivity index (χ1n) is 6.94. The average Bonchev–Trinajstić information content (AvgIpc) is 3.02. The van der Waals surface area contributed by atoms with E-state index in [1.165, 1.54) is 6.26 Å². The zero-order chi connectivity index (χ0) is 15.1. The Hall–Kier alpha value is -2.56. The predicted octanol–water partition coefficient (Wildman–Crippen LogP) is 3.06. The first kappa shape index (κ1) is 14.8. The Labute approximate surface area is 123 Å². The first-order chi connectivity index (χ1) is 10.2. The second-order valence-corrected chi connectivity index (χ2v) is 4.62. The second kappa shape index (κ2) is 7.28. The van der Waals surface area contributed by atoms with Crippen molar-refractivity contribution in [1.82, 2.24) is 5.32 Å². The lowest BCUT2D eigenvalue weighted by Gasteiger charge is -2.06. The number of carbonyl (C=O) groups is 2. The smallest absolute Gasteiger partial charge is 0.291 e. The minimum atomic E-state index is -0.319. The van der Waals surface area contributed by atoms with Gasteiger partial charge in [0.2, 0.25) is 0 Å². The Bertz CT molecular complexity index is 588. The summed E-state index contributed by atoms with van der Waals surface area (Å²) in [5, 5.41) is 5.54. The molecule has 110 valence electrons. The fourth-order valence-electron chi connectivity index (χ4n) is 1.79. The monoisotopic (exact) mass is 286 g/mol. The van der Waals surface area contributed by atoms with Crippen LogP contribution in [-0.4, -0.2) is 18.4 Å². The summed E-state index contributed by atoms with van der Waals surface area (Å²) in [7, 11) is 0. The van der Waals surface area contributed by atoms with Crippen molar-refractivity contribution in [2.45, 2.75) is 19.8 Å².